The first kappa shape index (κ1) is 13.6. The Morgan fingerprint density at radius 2 is 2.00 bits per heavy atom. The number of halogens is 1. The van der Waals surface area contributed by atoms with Crippen molar-refractivity contribution in [1.82, 2.24) is 19.9 Å². The molecule has 3 rings (SSSR count). The summed E-state index contributed by atoms with van der Waals surface area (Å²) < 4.78 is 1.49. The van der Waals surface area contributed by atoms with Crippen molar-refractivity contribution in [3.63, 3.8) is 0 Å². The van der Waals surface area contributed by atoms with Crippen LogP contribution in [0.25, 0.3) is 5.65 Å². The van der Waals surface area contributed by atoms with Crippen LogP contribution < -0.4 is 5.32 Å². The van der Waals surface area contributed by atoms with Gasteiger partial charge in [0.05, 0.1) is 12.2 Å². The summed E-state index contributed by atoms with van der Waals surface area (Å²) in [5.74, 6) is -0.243. The Labute approximate surface area is 126 Å². The Morgan fingerprint density at radius 3 is 2.76 bits per heavy atom. The number of rotatable bonds is 3. The second-order valence-corrected chi connectivity index (χ2v) is 5.08. The molecular formula is C15H13ClN4O. The van der Waals surface area contributed by atoms with Gasteiger partial charge >= 0.3 is 0 Å². The maximum Gasteiger partial charge on any atom is 0.272 e. The molecule has 0 radical (unpaired) electrons. The van der Waals surface area contributed by atoms with Gasteiger partial charge in [-0.15, -0.1) is 0 Å². The summed E-state index contributed by atoms with van der Waals surface area (Å²) in [7, 11) is 0. The van der Waals surface area contributed by atoms with Gasteiger partial charge in [-0.3, -0.25) is 4.79 Å². The summed E-state index contributed by atoms with van der Waals surface area (Å²) in [5.41, 5.74) is 1.93. The minimum absolute atomic E-state index is 0.0972. The van der Waals surface area contributed by atoms with Crippen LogP contribution in [0.4, 0.5) is 0 Å². The summed E-state index contributed by atoms with van der Waals surface area (Å²) in [4.78, 5) is 16.5. The summed E-state index contributed by atoms with van der Waals surface area (Å²) in [6.45, 7) is 1.93. The van der Waals surface area contributed by atoms with Crippen LogP contribution >= 0.6 is 11.6 Å². The first-order valence-corrected chi connectivity index (χ1v) is 6.89. The topological polar surface area (TPSA) is 59.3 Å². The lowest BCUT2D eigenvalue weighted by Gasteiger charge is -2.12. The number of benzene rings is 1. The maximum absolute atomic E-state index is 12.2. The van der Waals surface area contributed by atoms with Crippen LogP contribution in [-0.4, -0.2) is 20.5 Å². The Kier molecular flexibility index (Phi) is 3.58. The minimum atomic E-state index is -0.243. The van der Waals surface area contributed by atoms with Gasteiger partial charge in [-0.2, -0.15) is 5.10 Å². The van der Waals surface area contributed by atoms with Crippen LogP contribution in [0, 0.1) is 0 Å². The Morgan fingerprint density at radius 1 is 1.24 bits per heavy atom. The van der Waals surface area contributed by atoms with Crippen molar-refractivity contribution < 1.29 is 4.79 Å². The van der Waals surface area contributed by atoms with E-state index in [0.717, 1.165) is 5.56 Å². The van der Waals surface area contributed by atoms with Crippen LogP contribution in [0.3, 0.4) is 0 Å². The van der Waals surface area contributed by atoms with Crippen molar-refractivity contribution in [3.8, 4) is 0 Å². The first-order valence-electron chi connectivity index (χ1n) is 6.51. The van der Waals surface area contributed by atoms with Gasteiger partial charge in [-0.05, 0) is 24.6 Å². The maximum atomic E-state index is 12.2. The highest BCUT2D eigenvalue weighted by Gasteiger charge is 2.14. The largest absolute Gasteiger partial charge is 0.344 e. The Bertz CT molecular complexity index is 785. The highest BCUT2D eigenvalue weighted by molar-refractivity contribution is 6.29. The average Bonchev–Trinajstić information content (AvgIpc) is 2.91. The second-order valence-electron chi connectivity index (χ2n) is 4.69. The molecular weight excluding hydrogens is 288 g/mol. The number of amides is 1. The molecule has 1 aromatic carbocycles. The van der Waals surface area contributed by atoms with E-state index in [9.17, 15) is 4.79 Å². The number of aromatic nitrogens is 3. The van der Waals surface area contributed by atoms with Gasteiger partial charge in [-0.1, -0.05) is 41.9 Å². The molecule has 6 heteroatoms. The molecule has 1 amide bonds. The zero-order chi connectivity index (χ0) is 14.8. The Hall–Kier alpha value is -2.40. The number of nitrogens with zero attached hydrogens (tertiary/aromatic N) is 3. The van der Waals surface area contributed by atoms with Crippen LogP contribution in [-0.2, 0) is 0 Å². The third-order valence-electron chi connectivity index (χ3n) is 3.17. The molecule has 0 saturated heterocycles. The van der Waals surface area contributed by atoms with E-state index in [2.05, 4.69) is 15.4 Å². The molecule has 1 N–H and O–H groups in total. The van der Waals surface area contributed by atoms with Crippen molar-refractivity contribution in [2.45, 2.75) is 13.0 Å². The van der Waals surface area contributed by atoms with Crippen molar-refractivity contribution >= 4 is 23.2 Å². The third-order valence-corrected chi connectivity index (χ3v) is 3.37. The smallest absolute Gasteiger partial charge is 0.272 e. The van der Waals surface area contributed by atoms with Gasteiger partial charge in [0.1, 0.15) is 10.8 Å². The average molecular weight is 301 g/mol. The SMILES string of the molecule is C[C@H](NC(=O)c1cn2nc(Cl)ccc2n1)c1ccccc1. The van der Waals surface area contributed by atoms with Crippen LogP contribution in [0.2, 0.25) is 5.15 Å². The van der Waals surface area contributed by atoms with Gasteiger partial charge in [-0.25, -0.2) is 9.50 Å². The molecule has 2 heterocycles. The van der Waals surface area contributed by atoms with Crippen molar-refractivity contribution in [2.75, 3.05) is 0 Å². The fourth-order valence-electron chi connectivity index (χ4n) is 2.06. The fourth-order valence-corrected chi connectivity index (χ4v) is 2.21. The third kappa shape index (κ3) is 2.87. The number of hydrogen-bond donors (Lipinski definition) is 1. The van der Waals surface area contributed by atoms with Crippen LogP contribution in [0.15, 0.2) is 48.7 Å². The fraction of sp³-hybridized carbons (Fsp3) is 0.133. The second kappa shape index (κ2) is 5.54. The quantitative estimate of drug-likeness (QED) is 0.809. The normalized spacial score (nSPS) is 12.3. The lowest BCUT2D eigenvalue weighted by molar-refractivity contribution is 0.0935. The lowest BCUT2D eigenvalue weighted by Crippen LogP contribution is -2.26. The van der Waals surface area contributed by atoms with E-state index < -0.39 is 0 Å². The van der Waals surface area contributed by atoms with Gasteiger partial charge in [0, 0.05) is 0 Å². The minimum Gasteiger partial charge on any atom is -0.344 e. The molecule has 0 aliphatic rings. The van der Waals surface area contributed by atoms with E-state index in [0.29, 0.717) is 16.5 Å². The van der Waals surface area contributed by atoms with Crippen molar-refractivity contribution in [2.24, 2.45) is 0 Å². The Balaban J connectivity index is 1.80. The number of fused-ring (bicyclic) bond motifs is 1. The molecule has 1 atom stereocenters. The first-order chi connectivity index (χ1) is 10.1. The zero-order valence-electron chi connectivity index (χ0n) is 11.3. The molecule has 5 nitrogen and oxygen atoms in total. The van der Waals surface area contributed by atoms with Crippen LogP contribution in [0.1, 0.15) is 29.0 Å². The molecule has 0 saturated carbocycles. The molecule has 0 bridgehead atoms. The van der Waals surface area contributed by atoms with Crippen LogP contribution in [0.5, 0.6) is 0 Å². The number of carbonyl (C=O) groups excluding carboxylic acids is 1. The number of nitrogens with one attached hydrogen (secondary N) is 1. The lowest BCUT2D eigenvalue weighted by atomic mass is 10.1. The zero-order valence-corrected chi connectivity index (χ0v) is 12.1. The summed E-state index contributed by atoms with van der Waals surface area (Å²) in [5, 5.41) is 7.32. The van der Waals surface area contributed by atoms with Gasteiger partial charge in [0.25, 0.3) is 5.91 Å². The van der Waals surface area contributed by atoms with Gasteiger partial charge < -0.3 is 5.32 Å². The van der Waals surface area contributed by atoms with Crippen molar-refractivity contribution in [1.29, 1.82) is 0 Å². The molecule has 21 heavy (non-hydrogen) atoms. The number of imidazole rings is 1. The predicted molar refractivity (Wildman–Crippen MR) is 80.3 cm³/mol. The molecule has 0 spiro atoms. The molecule has 3 aromatic rings. The summed E-state index contributed by atoms with van der Waals surface area (Å²) >= 11 is 5.81. The van der Waals surface area contributed by atoms with Crippen molar-refractivity contribution in [3.05, 3.63) is 65.1 Å². The summed E-state index contributed by atoms with van der Waals surface area (Å²) in [6, 6.07) is 13.0. The van der Waals surface area contributed by atoms with E-state index in [4.69, 9.17) is 11.6 Å². The van der Waals surface area contributed by atoms with E-state index in [1.165, 1.54) is 4.52 Å². The van der Waals surface area contributed by atoms with E-state index >= 15 is 0 Å². The number of hydrogen-bond acceptors (Lipinski definition) is 3. The monoisotopic (exact) mass is 300 g/mol. The van der Waals surface area contributed by atoms with E-state index in [-0.39, 0.29) is 11.9 Å². The molecule has 106 valence electrons. The summed E-state index contributed by atoms with van der Waals surface area (Å²) in [6.07, 6.45) is 1.56. The number of carbonyl (C=O) groups is 1. The van der Waals surface area contributed by atoms with E-state index in [1.807, 2.05) is 37.3 Å². The van der Waals surface area contributed by atoms with Gasteiger partial charge in [0.15, 0.2) is 5.65 Å². The van der Waals surface area contributed by atoms with Gasteiger partial charge in [0.2, 0.25) is 0 Å². The predicted octanol–water partition coefficient (Wildman–Crippen LogP) is 2.87. The molecule has 0 aliphatic heterocycles. The highest BCUT2D eigenvalue weighted by Crippen LogP contribution is 2.13. The van der Waals surface area contributed by atoms with E-state index in [1.54, 1.807) is 18.3 Å². The highest BCUT2D eigenvalue weighted by atomic mass is 35.5. The molecule has 0 unspecified atom stereocenters. The molecule has 2 aromatic heterocycles. The molecule has 0 fully saturated rings. The standard InChI is InChI=1S/C15H13ClN4O/c1-10(11-5-3-2-4-6-11)17-15(21)12-9-20-14(18-12)8-7-13(16)19-20/h2-10H,1H3,(H,17,21)/t10-/m0/s1. The molecule has 0 aliphatic carbocycles.